The average Bonchev–Trinajstić information content (AvgIpc) is 2.93. The smallest absolute Gasteiger partial charge is 0.0907 e. The maximum atomic E-state index is 4.31. The molecule has 0 aliphatic rings. The highest BCUT2D eigenvalue weighted by atomic mass is 14.9. The Balaban J connectivity index is 1.74. The van der Waals surface area contributed by atoms with Gasteiger partial charge >= 0.3 is 0 Å². The third kappa shape index (κ3) is 2.57. The Bertz CT molecular complexity index is 687. The molecule has 0 unspecified atom stereocenters. The van der Waals surface area contributed by atoms with Crippen LogP contribution >= 0.6 is 0 Å². The van der Waals surface area contributed by atoms with E-state index in [1.165, 1.54) is 5.56 Å². The average molecular weight is 252 g/mol. The van der Waals surface area contributed by atoms with Crippen LogP contribution in [0.5, 0.6) is 0 Å². The Kier molecular flexibility index (Phi) is 3.14. The zero-order chi connectivity index (χ0) is 13.1. The number of aryl methyl sites for hydroxylation is 1. The molecule has 0 amide bonds. The van der Waals surface area contributed by atoms with Crippen LogP contribution in [0, 0.1) is 0 Å². The number of nitrogens with zero attached hydrogens (tertiary/aromatic N) is 3. The zero-order valence-electron chi connectivity index (χ0n) is 10.9. The van der Waals surface area contributed by atoms with Crippen LogP contribution in [0.25, 0.3) is 11.0 Å². The van der Waals surface area contributed by atoms with Crippen LogP contribution in [0.3, 0.4) is 0 Å². The van der Waals surface area contributed by atoms with Crippen molar-refractivity contribution in [1.29, 1.82) is 0 Å². The summed E-state index contributed by atoms with van der Waals surface area (Å²) in [5.41, 5.74) is 4.18. The molecule has 4 nitrogen and oxygen atoms in total. The Labute approximate surface area is 112 Å². The first kappa shape index (κ1) is 11.7. The standard InChI is InChI=1S/C15H16N4/c1-2-19-8-5-12(11-19)10-18-13-3-4-14-15(9-13)17-7-6-16-14/h3-9,11,18H,2,10H2,1H3. The maximum Gasteiger partial charge on any atom is 0.0907 e. The van der Waals surface area contributed by atoms with E-state index >= 15 is 0 Å². The number of benzene rings is 1. The lowest BCUT2D eigenvalue weighted by Gasteiger charge is -2.05. The molecule has 0 saturated carbocycles. The molecule has 2 heterocycles. The zero-order valence-corrected chi connectivity index (χ0v) is 10.9. The minimum Gasteiger partial charge on any atom is -0.381 e. The molecule has 0 bridgehead atoms. The molecule has 0 aliphatic carbocycles. The number of hydrogen-bond acceptors (Lipinski definition) is 3. The molecule has 3 rings (SSSR count). The molecule has 0 radical (unpaired) electrons. The van der Waals surface area contributed by atoms with Crippen LogP contribution in [0.1, 0.15) is 12.5 Å². The van der Waals surface area contributed by atoms with Gasteiger partial charge in [-0.15, -0.1) is 0 Å². The van der Waals surface area contributed by atoms with Crippen LogP contribution < -0.4 is 5.32 Å². The van der Waals surface area contributed by atoms with Gasteiger partial charge in [0, 0.05) is 43.6 Å². The van der Waals surface area contributed by atoms with Gasteiger partial charge in [0.2, 0.25) is 0 Å². The lowest BCUT2D eigenvalue weighted by Crippen LogP contribution is -1.99. The Hall–Kier alpha value is -2.36. The van der Waals surface area contributed by atoms with E-state index in [0.717, 1.165) is 29.8 Å². The summed E-state index contributed by atoms with van der Waals surface area (Å²) in [6, 6.07) is 8.19. The van der Waals surface area contributed by atoms with E-state index in [0.29, 0.717) is 0 Å². The van der Waals surface area contributed by atoms with Crippen molar-refractivity contribution in [3.63, 3.8) is 0 Å². The van der Waals surface area contributed by atoms with Gasteiger partial charge in [-0.1, -0.05) is 0 Å². The Morgan fingerprint density at radius 3 is 2.74 bits per heavy atom. The van der Waals surface area contributed by atoms with Crippen LogP contribution in [0.2, 0.25) is 0 Å². The Morgan fingerprint density at radius 2 is 1.95 bits per heavy atom. The van der Waals surface area contributed by atoms with Gasteiger partial charge in [-0.05, 0) is 36.8 Å². The molecule has 96 valence electrons. The summed E-state index contributed by atoms with van der Waals surface area (Å²) in [5.74, 6) is 0. The highest BCUT2D eigenvalue weighted by Gasteiger charge is 1.99. The van der Waals surface area contributed by atoms with E-state index in [1.54, 1.807) is 12.4 Å². The van der Waals surface area contributed by atoms with E-state index in [1.807, 2.05) is 18.2 Å². The first-order chi connectivity index (χ1) is 9.35. The molecule has 0 spiro atoms. The fourth-order valence-electron chi connectivity index (χ4n) is 2.07. The summed E-state index contributed by atoms with van der Waals surface area (Å²) in [6.45, 7) is 3.96. The molecule has 4 heteroatoms. The van der Waals surface area contributed by atoms with Gasteiger partial charge in [0.1, 0.15) is 0 Å². The predicted octanol–water partition coefficient (Wildman–Crippen LogP) is 3.06. The van der Waals surface area contributed by atoms with Gasteiger partial charge in [-0.25, -0.2) is 0 Å². The first-order valence-corrected chi connectivity index (χ1v) is 6.44. The quantitative estimate of drug-likeness (QED) is 0.776. The molecule has 19 heavy (non-hydrogen) atoms. The second-order valence-electron chi connectivity index (χ2n) is 4.46. The van der Waals surface area contributed by atoms with Crippen molar-refractivity contribution in [1.82, 2.24) is 14.5 Å². The maximum absolute atomic E-state index is 4.31. The van der Waals surface area contributed by atoms with Crippen molar-refractivity contribution >= 4 is 16.7 Å². The first-order valence-electron chi connectivity index (χ1n) is 6.44. The van der Waals surface area contributed by atoms with Gasteiger partial charge in [-0.3, -0.25) is 9.97 Å². The lowest BCUT2D eigenvalue weighted by molar-refractivity contribution is 0.766. The minimum atomic E-state index is 0.818. The second-order valence-corrected chi connectivity index (χ2v) is 4.46. The van der Waals surface area contributed by atoms with E-state index < -0.39 is 0 Å². The van der Waals surface area contributed by atoms with E-state index in [9.17, 15) is 0 Å². The number of rotatable bonds is 4. The topological polar surface area (TPSA) is 42.7 Å². The fraction of sp³-hybridized carbons (Fsp3) is 0.200. The summed E-state index contributed by atoms with van der Waals surface area (Å²) in [5, 5.41) is 3.41. The lowest BCUT2D eigenvalue weighted by atomic mass is 10.2. The van der Waals surface area contributed by atoms with Crippen LogP contribution in [0.15, 0.2) is 49.1 Å². The molecule has 1 N–H and O–H groups in total. The van der Waals surface area contributed by atoms with E-state index in [4.69, 9.17) is 0 Å². The van der Waals surface area contributed by atoms with Crippen molar-refractivity contribution in [3.8, 4) is 0 Å². The van der Waals surface area contributed by atoms with E-state index in [2.05, 4.69) is 45.2 Å². The second kappa shape index (κ2) is 5.10. The molecule has 2 aromatic heterocycles. The predicted molar refractivity (Wildman–Crippen MR) is 77.0 cm³/mol. The molecule has 0 aliphatic heterocycles. The van der Waals surface area contributed by atoms with Gasteiger partial charge < -0.3 is 9.88 Å². The number of anilines is 1. The summed E-state index contributed by atoms with van der Waals surface area (Å²) < 4.78 is 2.17. The summed E-state index contributed by atoms with van der Waals surface area (Å²) >= 11 is 0. The van der Waals surface area contributed by atoms with Crippen molar-refractivity contribution in [3.05, 3.63) is 54.6 Å². The van der Waals surface area contributed by atoms with E-state index in [-0.39, 0.29) is 0 Å². The van der Waals surface area contributed by atoms with Gasteiger partial charge in [0.05, 0.1) is 11.0 Å². The highest BCUT2D eigenvalue weighted by Crippen LogP contribution is 2.16. The summed E-state index contributed by atoms with van der Waals surface area (Å²) in [6.07, 6.45) is 7.69. The third-order valence-electron chi connectivity index (χ3n) is 3.14. The normalized spacial score (nSPS) is 10.8. The molecule has 0 saturated heterocycles. The summed E-state index contributed by atoms with van der Waals surface area (Å²) in [4.78, 5) is 8.57. The largest absolute Gasteiger partial charge is 0.381 e. The monoisotopic (exact) mass is 252 g/mol. The van der Waals surface area contributed by atoms with Crippen molar-refractivity contribution in [2.75, 3.05) is 5.32 Å². The van der Waals surface area contributed by atoms with Gasteiger partial charge in [-0.2, -0.15) is 0 Å². The van der Waals surface area contributed by atoms with Crippen molar-refractivity contribution in [2.24, 2.45) is 0 Å². The number of aromatic nitrogens is 3. The molecule has 3 aromatic rings. The molecular weight excluding hydrogens is 236 g/mol. The SMILES string of the molecule is CCn1ccc(CNc2ccc3nccnc3c2)c1. The molecule has 0 atom stereocenters. The molecule has 1 aromatic carbocycles. The van der Waals surface area contributed by atoms with Crippen LogP contribution in [0.4, 0.5) is 5.69 Å². The fourth-order valence-corrected chi connectivity index (χ4v) is 2.07. The van der Waals surface area contributed by atoms with Gasteiger partial charge in [0.25, 0.3) is 0 Å². The van der Waals surface area contributed by atoms with Gasteiger partial charge in [0.15, 0.2) is 0 Å². The number of hydrogen-bond donors (Lipinski definition) is 1. The Morgan fingerprint density at radius 1 is 1.11 bits per heavy atom. The molecular formula is C15H16N4. The number of nitrogens with one attached hydrogen (secondary N) is 1. The summed E-state index contributed by atoms with van der Waals surface area (Å²) in [7, 11) is 0. The minimum absolute atomic E-state index is 0.818. The molecule has 0 fully saturated rings. The van der Waals surface area contributed by atoms with Crippen LogP contribution in [-0.2, 0) is 13.1 Å². The van der Waals surface area contributed by atoms with Crippen molar-refractivity contribution in [2.45, 2.75) is 20.0 Å². The van der Waals surface area contributed by atoms with Crippen molar-refractivity contribution < 1.29 is 0 Å². The third-order valence-corrected chi connectivity index (χ3v) is 3.14. The highest BCUT2D eigenvalue weighted by molar-refractivity contribution is 5.78. The number of fused-ring (bicyclic) bond motifs is 1. The van der Waals surface area contributed by atoms with Crippen LogP contribution in [-0.4, -0.2) is 14.5 Å².